The van der Waals surface area contributed by atoms with Gasteiger partial charge in [-0.05, 0) is 12.3 Å². The molecule has 25 heavy (non-hydrogen) atoms. The minimum Gasteiger partial charge on any atom is -0.356 e. The van der Waals surface area contributed by atoms with Gasteiger partial charge in [-0.15, -0.1) is 24.0 Å². The number of hydrogen-bond donors (Lipinski definition) is 2. The molecule has 0 aromatic carbocycles. The number of rotatable bonds is 7. The van der Waals surface area contributed by atoms with Crippen molar-refractivity contribution in [2.45, 2.75) is 77.7 Å². The monoisotopic (exact) mass is 463 g/mol. The standard InChI is InChI=1S/C18H33N5O.HI/c1-18(2,3)16-22-15(23-24-16)13-21-17(19-4)20-12-8-7-11-14-9-5-6-10-14;/h14H,5-13H2,1-4H3,(H2,19,20,21);1H. The zero-order chi connectivity index (χ0) is 17.4. The fourth-order valence-corrected chi connectivity index (χ4v) is 3.08. The Kier molecular flexibility index (Phi) is 9.74. The van der Waals surface area contributed by atoms with E-state index in [9.17, 15) is 0 Å². The van der Waals surface area contributed by atoms with E-state index in [1.165, 1.54) is 44.9 Å². The molecule has 1 aromatic rings. The van der Waals surface area contributed by atoms with E-state index < -0.39 is 0 Å². The molecule has 6 nitrogen and oxygen atoms in total. The zero-order valence-electron chi connectivity index (χ0n) is 16.1. The van der Waals surface area contributed by atoms with Gasteiger partial charge in [-0.25, -0.2) is 0 Å². The van der Waals surface area contributed by atoms with Crippen LogP contribution in [0.5, 0.6) is 0 Å². The molecule has 1 heterocycles. The molecule has 0 radical (unpaired) electrons. The van der Waals surface area contributed by atoms with Gasteiger partial charge in [-0.1, -0.05) is 64.5 Å². The van der Waals surface area contributed by atoms with Gasteiger partial charge in [0.2, 0.25) is 5.89 Å². The Morgan fingerprint density at radius 2 is 1.92 bits per heavy atom. The van der Waals surface area contributed by atoms with Crippen LogP contribution in [-0.4, -0.2) is 29.7 Å². The van der Waals surface area contributed by atoms with Crippen LogP contribution in [0.2, 0.25) is 0 Å². The smallest absolute Gasteiger partial charge is 0.232 e. The van der Waals surface area contributed by atoms with Crippen molar-refractivity contribution in [3.63, 3.8) is 0 Å². The Hall–Kier alpha value is -0.860. The van der Waals surface area contributed by atoms with Gasteiger partial charge in [0, 0.05) is 19.0 Å². The van der Waals surface area contributed by atoms with Crippen LogP contribution in [0.4, 0.5) is 0 Å². The van der Waals surface area contributed by atoms with E-state index in [0.29, 0.717) is 18.3 Å². The first-order valence-corrected chi connectivity index (χ1v) is 9.26. The third-order valence-corrected chi connectivity index (χ3v) is 4.55. The van der Waals surface area contributed by atoms with E-state index in [-0.39, 0.29) is 29.4 Å². The molecule has 0 bridgehead atoms. The Bertz CT molecular complexity index is 518. The summed E-state index contributed by atoms with van der Waals surface area (Å²) in [5.41, 5.74) is -0.121. The summed E-state index contributed by atoms with van der Waals surface area (Å²) in [6, 6.07) is 0. The predicted octanol–water partition coefficient (Wildman–Crippen LogP) is 4.01. The van der Waals surface area contributed by atoms with Gasteiger partial charge in [-0.3, -0.25) is 4.99 Å². The molecular formula is C18H34IN5O. The van der Waals surface area contributed by atoms with Gasteiger partial charge in [0.1, 0.15) is 0 Å². The van der Waals surface area contributed by atoms with E-state index in [2.05, 4.69) is 46.5 Å². The lowest BCUT2D eigenvalue weighted by Crippen LogP contribution is -2.37. The van der Waals surface area contributed by atoms with Crippen LogP contribution in [0.25, 0.3) is 0 Å². The number of aliphatic imine (C=N–C) groups is 1. The molecule has 1 aliphatic rings. The van der Waals surface area contributed by atoms with Crippen molar-refractivity contribution < 1.29 is 4.52 Å². The van der Waals surface area contributed by atoms with Gasteiger partial charge >= 0.3 is 0 Å². The molecule has 1 aliphatic carbocycles. The van der Waals surface area contributed by atoms with E-state index in [1.807, 2.05) is 0 Å². The highest BCUT2D eigenvalue weighted by atomic mass is 127. The second-order valence-corrected chi connectivity index (χ2v) is 7.76. The van der Waals surface area contributed by atoms with Crippen molar-refractivity contribution in [2.24, 2.45) is 10.9 Å². The van der Waals surface area contributed by atoms with Crippen LogP contribution in [0, 0.1) is 5.92 Å². The van der Waals surface area contributed by atoms with Crippen molar-refractivity contribution in [1.29, 1.82) is 0 Å². The molecule has 0 aliphatic heterocycles. The average molecular weight is 463 g/mol. The molecule has 2 N–H and O–H groups in total. The number of unbranched alkanes of at least 4 members (excludes halogenated alkanes) is 1. The van der Waals surface area contributed by atoms with Crippen molar-refractivity contribution >= 4 is 29.9 Å². The maximum Gasteiger partial charge on any atom is 0.232 e. The quantitative estimate of drug-likeness (QED) is 0.277. The molecule has 144 valence electrons. The summed E-state index contributed by atoms with van der Waals surface area (Å²) < 4.78 is 5.30. The molecule has 0 atom stereocenters. The summed E-state index contributed by atoms with van der Waals surface area (Å²) in [4.78, 5) is 8.66. The molecule has 0 spiro atoms. The third-order valence-electron chi connectivity index (χ3n) is 4.55. The first-order chi connectivity index (χ1) is 11.5. The highest BCUT2D eigenvalue weighted by Gasteiger charge is 2.21. The largest absolute Gasteiger partial charge is 0.356 e. The number of aromatic nitrogens is 2. The summed E-state index contributed by atoms with van der Waals surface area (Å²) >= 11 is 0. The highest BCUT2D eigenvalue weighted by Crippen LogP contribution is 2.28. The Morgan fingerprint density at radius 1 is 1.20 bits per heavy atom. The highest BCUT2D eigenvalue weighted by molar-refractivity contribution is 14.0. The fourth-order valence-electron chi connectivity index (χ4n) is 3.08. The van der Waals surface area contributed by atoms with Gasteiger partial charge in [0.15, 0.2) is 11.8 Å². The summed E-state index contributed by atoms with van der Waals surface area (Å²) in [5.74, 6) is 3.09. The lowest BCUT2D eigenvalue weighted by atomic mass is 9.97. The summed E-state index contributed by atoms with van der Waals surface area (Å²) in [5, 5.41) is 10.6. The van der Waals surface area contributed by atoms with E-state index in [4.69, 9.17) is 4.52 Å². The number of nitrogens with one attached hydrogen (secondary N) is 2. The Balaban J connectivity index is 0.00000312. The minimum atomic E-state index is -0.121. The number of halogens is 1. The van der Waals surface area contributed by atoms with Gasteiger partial charge in [0.05, 0.1) is 6.54 Å². The van der Waals surface area contributed by atoms with Crippen LogP contribution < -0.4 is 10.6 Å². The van der Waals surface area contributed by atoms with Crippen molar-refractivity contribution in [3.05, 3.63) is 11.7 Å². The van der Waals surface area contributed by atoms with Crippen LogP contribution in [0.15, 0.2) is 9.52 Å². The minimum absolute atomic E-state index is 0. The Morgan fingerprint density at radius 3 is 2.52 bits per heavy atom. The molecule has 1 fully saturated rings. The molecule has 2 rings (SSSR count). The van der Waals surface area contributed by atoms with Crippen LogP contribution >= 0.6 is 24.0 Å². The lowest BCUT2D eigenvalue weighted by molar-refractivity contribution is 0.318. The average Bonchev–Trinajstić information content (AvgIpc) is 3.20. The maximum absolute atomic E-state index is 5.30. The summed E-state index contributed by atoms with van der Waals surface area (Å²) in [6.07, 6.45) is 9.63. The molecule has 0 amide bonds. The number of nitrogens with zero attached hydrogens (tertiary/aromatic N) is 3. The molecule has 0 unspecified atom stereocenters. The van der Waals surface area contributed by atoms with E-state index >= 15 is 0 Å². The van der Waals surface area contributed by atoms with E-state index in [0.717, 1.165) is 18.4 Å². The van der Waals surface area contributed by atoms with Crippen LogP contribution in [0.3, 0.4) is 0 Å². The topological polar surface area (TPSA) is 75.3 Å². The molecule has 1 saturated carbocycles. The lowest BCUT2D eigenvalue weighted by Gasteiger charge is -2.12. The Labute approximate surface area is 169 Å². The van der Waals surface area contributed by atoms with E-state index in [1.54, 1.807) is 7.05 Å². The summed E-state index contributed by atoms with van der Waals surface area (Å²) in [6.45, 7) is 7.64. The number of hydrogen-bond acceptors (Lipinski definition) is 4. The van der Waals surface area contributed by atoms with Crippen molar-refractivity contribution in [1.82, 2.24) is 20.8 Å². The number of guanidine groups is 1. The molecular weight excluding hydrogens is 429 g/mol. The van der Waals surface area contributed by atoms with Gasteiger partial charge in [-0.2, -0.15) is 4.98 Å². The summed E-state index contributed by atoms with van der Waals surface area (Å²) in [7, 11) is 1.78. The first kappa shape index (κ1) is 22.2. The van der Waals surface area contributed by atoms with Crippen molar-refractivity contribution in [2.75, 3.05) is 13.6 Å². The van der Waals surface area contributed by atoms with Crippen LogP contribution in [0.1, 0.15) is 77.4 Å². The third kappa shape index (κ3) is 7.92. The second kappa shape index (κ2) is 11.0. The molecule has 7 heteroatoms. The second-order valence-electron chi connectivity index (χ2n) is 7.76. The van der Waals surface area contributed by atoms with Crippen LogP contribution in [-0.2, 0) is 12.0 Å². The van der Waals surface area contributed by atoms with Crippen molar-refractivity contribution in [3.8, 4) is 0 Å². The maximum atomic E-state index is 5.30. The van der Waals surface area contributed by atoms with Gasteiger partial charge < -0.3 is 15.2 Å². The molecule has 0 saturated heterocycles. The predicted molar refractivity (Wildman–Crippen MR) is 112 cm³/mol. The molecule has 1 aromatic heterocycles. The van der Waals surface area contributed by atoms with Gasteiger partial charge in [0.25, 0.3) is 0 Å². The fraction of sp³-hybridized carbons (Fsp3) is 0.833. The first-order valence-electron chi connectivity index (χ1n) is 9.26. The zero-order valence-corrected chi connectivity index (χ0v) is 18.4. The SMILES string of the molecule is CN=C(NCCCCC1CCCC1)NCc1noc(C(C)(C)C)n1.I. The normalized spacial score (nSPS) is 15.9.